The van der Waals surface area contributed by atoms with Gasteiger partial charge in [-0.15, -0.1) is 0 Å². The van der Waals surface area contributed by atoms with Gasteiger partial charge < -0.3 is 4.57 Å². The lowest BCUT2D eigenvalue weighted by atomic mass is 10.1. The number of sulfonamides is 1. The Kier molecular flexibility index (Phi) is 3.92. The number of rotatable bonds is 4. The van der Waals surface area contributed by atoms with Gasteiger partial charge >= 0.3 is 0 Å². The highest BCUT2D eigenvalue weighted by Crippen LogP contribution is 2.26. The fourth-order valence-corrected chi connectivity index (χ4v) is 3.76. The van der Waals surface area contributed by atoms with E-state index in [1.165, 1.54) is 6.20 Å². The summed E-state index contributed by atoms with van der Waals surface area (Å²) in [4.78, 5) is 4.08. The van der Waals surface area contributed by atoms with Gasteiger partial charge in [0.05, 0.1) is 12.0 Å². The summed E-state index contributed by atoms with van der Waals surface area (Å²) in [5, 5.41) is 9.02. The van der Waals surface area contributed by atoms with E-state index in [0.717, 1.165) is 12.8 Å². The zero-order chi connectivity index (χ0) is 14.0. The third-order valence-electron chi connectivity index (χ3n) is 3.56. The van der Waals surface area contributed by atoms with Gasteiger partial charge in [0.25, 0.3) is 10.0 Å². The molecule has 2 atom stereocenters. The van der Waals surface area contributed by atoms with Crippen LogP contribution in [0.2, 0.25) is 0 Å². The van der Waals surface area contributed by atoms with Crippen LogP contribution in [0.4, 0.5) is 0 Å². The molecular weight excluding hydrogens is 264 g/mol. The first-order valence-corrected chi connectivity index (χ1v) is 7.92. The molecule has 0 aromatic carbocycles. The molecule has 0 bridgehead atoms. The van der Waals surface area contributed by atoms with E-state index in [2.05, 4.69) is 15.8 Å². The van der Waals surface area contributed by atoms with E-state index in [4.69, 9.17) is 5.26 Å². The van der Waals surface area contributed by atoms with E-state index in [1.807, 2.05) is 6.92 Å². The molecule has 2 unspecified atom stereocenters. The van der Waals surface area contributed by atoms with Crippen molar-refractivity contribution in [2.75, 3.05) is 0 Å². The Morgan fingerprint density at radius 2 is 2.32 bits per heavy atom. The van der Waals surface area contributed by atoms with Gasteiger partial charge in [-0.2, -0.15) is 5.26 Å². The third-order valence-corrected chi connectivity index (χ3v) is 4.92. The number of aryl methyl sites for hydroxylation is 2. The predicted molar refractivity (Wildman–Crippen MR) is 69.7 cm³/mol. The Morgan fingerprint density at radius 1 is 1.58 bits per heavy atom. The van der Waals surface area contributed by atoms with Crippen LogP contribution in [0.25, 0.3) is 0 Å². The molecule has 1 heterocycles. The summed E-state index contributed by atoms with van der Waals surface area (Å²) in [6.45, 7) is 4.38. The Hall–Kier alpha value is -1.39. The Labute approximate surface area is 113 Å². The number of hydrogen-bond acceptors (Lipinski definition) is 4. The van der Waals surface area contributed by atoms with Crippen molar-refractivity contribution < 1.29 is 8.42 Å². The number of nitriles is 1. The Bertz CT molecular complexity index is 600. The van der Waals surface area contributed by atoms with Gasteiger partial charge in [-0.25, -0.2) is 18.1 Å². The lowest BCUT2D eigenvalue weighted by Gasteiger charge is -2.14. The standard InChI is InChI=1S/C12H18N4O2S/c1-3-16-8-12(14-9(16)2)19(17,18)15-11-6-4-5-10(11)7-13/h8,10-11,15H,3-6H2,1-2H3. The highest BCUT2D eigenvalue weighted by atomic mass is 32.2. The van der Waals surface area contributed by atoms with Crippen molar-refractivity contribution in [2.24, 2.45) is 5.92 Å². The lowest BCUT2D eigenvalue weighted by Crippen LogP contribution is -2.37. The monoisotopic (exact) mass is 282 g/mol. The molecule has 0 spiro atoms. The molecule has 1 aromatic heterocycles. The topological polar surface area (TPSA) is 87.8 Å². The summed E-state index contributed by atoms with van der Waals surface area (Å²) in [6, 6.07) is 1.87. The number of hydrogen-bond donors (Lipinski definition) is 1. The van der Waals surface area contributed by atoms with Gasteiger partial charge in [0.15, 0.2) is 5.03 Å². The molecule has 1 aromatic rings. The second kappa shape index (κ2) is 5.31. The highest BCUT2D eigenvalue weighted by Gasteiger charge is 2.32. The molecule has 2 rings (SSSR count). The smallest absolute Gasteiger partial charge is 0.259 e. The third kappa shape index (κ3) is 2.80. The molecule has 0 amide bonds. The predicted octanol–water partition coefficient (Wildman–Crippen LogP) is 1.18. The van der Waals surface area contributed by atoms with Crippen LogP contribution in [0.5, 0.6) is 0 Å². The van der Waals surface area contributed by atoms with Crippen LogP contribution in [0.3, 0.4) is 0 Å². The molecule has 1 N–H and O–H groups in total. The van der Waals surface area contributed by atoms with E-state index in [-0.39, 0.29) is 17.0 Å². The summed E-state index contributed by atoms with van der Waals surface area (Å²) in [7, 11) is -3.63. The van der Waals surface area contributed by atoms with Crippen LogP contribution < -0.4 is 4.72 Å². The lowest BCUT2D eigenvalue weighted by molar-refractivity contribution is 0.513. The Morgan fingerprint density at radius 3 is 2.89 bits per heavy atom. The van der Waals surface area contributed by atoms with Crippen LogP contribution in [-0.2, 0) is 16.6 Å². The average molecular weight is 282 g/mol. The molecule has 1 aliphatic carbocycles. The molecule has 0 saturated heterocycles. The van der Waals surface area contributed by atoms with E-state index in [9.17, 15) is 8.42 Å². The van der Waals surface area contributed by atoms with Gasteiger partial charge in [-0.3, -0.25) is 0 Å². The molecular formula is C12H18N4O2S. The van der Waals surface area contributed by atoms with E-state index < -0.39 is 10.0 Å². The minimum Gasteiger partial charge on any atom is -0.334 e. The molecule has 6 nitrogen and oxygen atoms in total. The largest absolute Gasteiger partial charge is 0.334 e. The van der Waals surface area contributed by atoms with Gasteiger partial charge in [-0.05, 0) is 26.7 Å². The first-order chi connectivity index (χ1) is 8.97. The van der Waals surface area contributed by atoms with Crippen LogP contribution in [0, 0.1) is 24.2 Å². The number of nitrogens with zero attached hydrogens (tertiary/aromatic N) is 3. The van der Waals surface area contributed by atoms with Gasteiger partial charge in [0, 0.05) is 18.8 Å². The number of imidazole rings is 1. The second-order valence-electron chi connectivity index (χ2n) is 4.81. The molecule has 0 radical (unpaired) electrons. The maximum Gasteiger partial charge on any atom is 0.259 e. The van der Waals surface area contributed by atoms with Crippen LogP contribution in [-0.4, -0.2) is 24.0 Å². The molecule has 104 valence electrons. The number of aromatic nitrogens is 2. The van der Waals surface area contributed by atoms with E-state index >= 15 is 0 Å². The van der Waals surface area contributed by atoms with E-state index in [0.29, 0.717) is 18.8 Å². The molecule has 1 aliphatic rings. The zero-order valence-electron chi connectivity index (χ0n) is 11.1. The minimum absolute atomic E-state index is 0.0374. The summed E-state index contributed by atoms with van der Waals surface area (Å²) in [6.07, 6.45) is 3.89. The summed E-state index contributed by atoms with van der Waals surface area (Å²) < 4.78 is 28.9. The van der Waals surface area contributed by atoms with Crippen molar-refractivity contribution in [3.63, 3.8) is 0 Å². The molecule has 0 aliphatic heterocycles. The first-order valence-electron chi connectivity index (χ1n) is 6.43. The van der Waals surface area contributed by atoms with Crippen molar-refractivity contribution in [3.05, 3.63) is 12.0 Å². The second-order valence-corrected chi connectivity index (χ2v) is 6.47. The van der Waals surface area contributed by atoms with Crippen LogP contribution in [0.15, 0.2) is 11.2 Å². The zero-order valence-corrected chi connectivity index (χ0v) is 11.9. The van der Waals surface area contributed by atoms with Crippen molar-refractivity contribution >= 4 is 10.0 Å². The van der Waals surface area contributed by atoms with Crippen molar-refractivity contribution in [3.8, 4) is 6.07 Å². The Balaban J connectivity index is 2.20. The van der Waals surface area contributed by atoms with Crippen LogP contribution in [0.1, 0.15) is 32.0 Å². The summed E-state index contributed by atoms with van der Waals surface area (Å²) in [5.74, 6) is 0.440. The average Bonchev–Trinajstić information content (AvgIpc) is 2.95. The summed E-state index contributed by atoms with van der Waals surface area (Å²) >= 11 is 0. The molecule has 19 heavy (non-hydrogen) atoms. The SMILES string of the molecule is CCn1cc(S(=O)(=O)NC2CCCC2C#N)nc1C. The maximum absolute atomic E-state index is 12.2. The van der Waals surface area contributed by atoms with Gasteiger partial charge in [0.1, 0.15) is 5.82 Å². The first kappa shape index (κ1) is 14.0. The quantitative estimate of drug-likeness (QED) is 0.898. The number of nitrogens with one attached hydrogen (secondary N) is 1. The van der Waals surface area contributed by atoms with E-state index in [1.54, 1.807) is 11.5 Å². The van der Waals surface area contributed by atoms with Gasteiger partial charge in [0.2, 0.25) is 0 Å². The fraction of sp³-hybridized carbons (Fsp3) is 0.667. The maximum atomic E-state index is 12.2. The summed E-state index contributed by atoms with van der Waals surface area (Å²) in [5.41, 5.74) is 0. The molecule has 1 fully saturated rings. The normalized spacial score (nSPS) is 23.4. The van der Waals surface area contributed by atoms with Gasteiger partial charge in [-0.1, -0.05) is 6.42 Å². The minimum atomic E-state index is -3.63. The molecule has 7 heteroatoms. The van der Waals surface area contributed by atoms with Crippen LogP contribution >= 0.6 is 0 Å². The fourth-order valence-electron chi connectivity index (χ4n) is 2.44. The van der Waals surface area contributed by atoms with Crippen molar-refractivity contribution in [1.29, 1.82) is 5.26 Å². The highest BCUT2D eigenvalue weighted by molar-refractivity contribution is 7.89. The van der Waals surface area contributed by atoms with Crippen molar-refractivity contribution in [2.45, 2.75) is 50.7 Å². The molecule has 1 saturated carbocycles. The van der Waals surface area contributed by atoms with Crippen molar-refractivity contribution in [1.82, 2.24) is 14.3 Å².